The first-order valence-electron chi connectivity index (χ1n) is 7.64. The van der Waals surface area contributed by atoms with E-state index in [1.165, 1.54) is 0 Å². The second kappa shape index (κ2) is 6.16. The quantitative estimate of drug-likeness (QED) is 0.894. The van der Waals surface area contributed by atoms with Gasteiger partial charge in [-0.2, -0.15) is 0 Å². The SMILES string of the molecule is CC(C)(CN1CCNCC1(C)C)C(=O)Nc1ccccc1. The van der Waals surface area contributed by atoms with Gasteiger partial charge in [0.1, 0.15) is 0 Å². The van der Waals surface area contributed by atoms with Crippen LogP contribution in [0.2, 0.25) is 0 Å². The van der Waals surface area contributed by atoms with Crippen molar-refractivity contribution in [1.82, 2.24) is 10.2 Å². The van der Waals surface area contributed by atoms with Crippen LogP contribution in [0.3, 0.4) is 0 Å². The summed E-state index contributed by atoms with van der Waals surface area (Å²) < 4.78 is 0. The minimum atomic E-state index is -0.426. The van der Waals surface area contributed by atoms with E-state index in [1.807, 2.05) is 44.2 Å². The topological polar surface area (TPSA) is 44.4 Å². The van der Waals surface area contributed by atoms with Crippen molar-refractivity contribution in [3.63, 3.8) is 0 Å². The average Bonchev–Trinajstić information content (AvgIpc) is 2.42. The molecule has 1 aliphatic rings. The zero-order valence-corrected chi connectivity index (χ0v) is 13.6. The van der Waals surface area contributed by atoms with E-state index in [2.05, 4.69) is 29.4 Å². The number of anilines is 1. The summed E-state index contributed by atoms with van der Waals surface area (Å²) in [6, 6.07) is 9.65. The molecular weight excluding hydrogens is 262 g/mol. The smallest absolute Gasteiger partial charge is 0.231 e. The number of rotatable bonds is 4. The largest absolute Gasteiger partial charge is 0.326 e. The first-order chi connectivity index (χ1) is 9.81. The van der Waals surface area contributed by atoms with Gasteiger partial charge < -0.3 is 10.6 Å². The Morgan fingerprint density at radius 1 is 1.33 bits per heavy atom. The summed E-state index contributed by atoms with van der Waals surface area (Å²) in [5.74, 6) is 0.0723. The van der Waals surface area contributed by atoms with Crippen LogP contribution in [0.15, 0.2) is 30.3 Å². The van der Waals surface area contributed by atoms with Gasteiger partial charge in [-0.1, -0.05) is 18.2 Å². The van der Waals surface area contributed by atoms with Crippen LogP contribution in [0.25, 0.3) is 0 Å². The van der Waals surface area contributed by atoms with Gasteiger partial charge in [-0.05, 0) is 39.8 Å². The first kappa shape index (κ1) is 16.0. The number of hydrogen-bond acceptors (Lipinski definition) is 3. The summed E-state index contributed by atoms with van der Waals surface area (Å²) in [6.45, 7) is 12.2. The highest BCUT2D eigenvalue weighted by molar-refractivity contribution is 5.94. The lowest BCUT2D eigenvalue weighted by Crippen LogP contribution is -2.60. The molecule has 1 aromatic rings. The van der Waals surface area contributed by atoms with E-state index in [0.717, 1.165) is 31.9 Å². The van der Waals surface area contributed by atoms with Gasteiger partial charge in [0.25, 0.3) is 0 Å². The number of para-hydroxylation sites is 1. The van der Waals surface area contributed by atoms with Crippen molar-refractivity contribution >= 4 is 11.6 Å². The maximum atomic E-state index is 12.6. The van der Waals surface area contributed by atoms with Crippen LogP contribution in [-0.4, -0.2) is 42.5 Å². The summed E-state index contributed by atoms with van der Waals surface area (Å²) in [6.07, 6.45) is 0. The molecule has 4 heteroatoms. The lowest BCUT2D eigenvalue weighted by atomic mass is 9.88. The van der Waals surface area contributed by atoms with Crippen LogP contribution < -0.4 is 10.6 Å². The molecule has 1 aliphatic heterocycles. The number of carbonyl (C=O) groups is 1. The zero-order valence-electron chi connectivity index (χ0n) is 13.6. The molecule has 1 aromatic carbocycles. The van der Waals surface area contributed by atoms with E-state index in [-0.39, 0.29) is 11.4 Å². The number of amides is 1. The molecule has 0 aliphatic carbocycles. The Morgan fingerprint density at radius 3 is 2.62 bits per heavy atom. The Labute approximate surface area is 127 Å². The average molecular weight is 289 g/mol. The van der Waals surface area contributed by atoms with Crippen molar-refractivity contribution in [2.45, 2.75) is 33.2 Å². The Hall–Kier alpha value is -1.39. The lowest BCUT2D eigenvalue weighted by molar-refractivity contribution is -0.126. The molecule has 4 nitrogen and oxygen atoms in total. The molecule has 1 amide bonds. The molecule has 1 heterocycles. The Morgan fingerprint density at radius 2 is 2.00 bits per heavy atom. The molecule has 0 aromatic heterocycles. The second-order valence-corrected chi connectivity index (χ2v) is 7.11. The molecule has 0 atom stereocenters. The van der Waals surface area contributed by atoms with E-state index in [1.54, 1.807) is 0 Å². The number of nitrogens with one attached hydrogen (secondary N) is 2. The number of hydrogen-bond donors (Lipinski definition) is 2. The zero-order chi connectivity index (χ0) is 15.5. The maximum absolute atomic E-state index is 12.6. The van der Waals surface area contributed by atoms with Gasteiger partial charge in [-0.3, -0.25) is 9.69 Å². The Balaban J connectivity index is 2.01. The van der Waals surface area contributed by atoms with Gasteiger partial charge in [0.05, 0.1) is 5.41 Å². The number of carbonyl (C=O) groups excluding carboxylic acids is 1. The summed E-state index contributed by atoms with van der Waals surface area (Å²) in [5.41, 5.74) is 0.516. The van der Waals surface area contributed by atoms with Gasteiger partial charge in [0.15, 0.2) is 0 Å². The van der Waals surface area contributed by atoms with E-state index in [0.29, 0.717) is 0 Å². The van der Waals surface area contributed by atoms with E-state index < -0.39 is 5.41 Å². The first-order valence-corrected chi connectivity index (χ1v) is 7.64. The van der Waals surface area contributed by atoms with Crippen molar-refractivity contribution in [2.24, 2.45) is 5.41 Å². The van der Waals surface area contributed by atoms with E-state index >= 15 is 0 Å². The molecule has 0 spiro atoms. The molecule has 2 N–H and O–H groups in total. The highest BCUT2D eigenvalue weighted by atomic mass is 16.2. The third-order valence-electron chi connectivity index (χ3n) is 4.20. The van der Waals surface area contributed by atoms with Gasteiger partial charge in [-0.15, -0.1) is 0 Å². The molecule has 0 bridgehead atoms. The van der Waals surface area contributed by atoms with E-state index in [9.17, 15) is 4.79 Å². The fraction of sp³-hybridized carbons (Fsp3) is 0.588. The van der Waals surface area contributed by atoms with Crippen LogP contribution in [-0.2, 0) is 4.79 Å². The summed E-state index contributed by atoms with van der Waals surface area (Å²) in [5, 5.41) is 6.44. The third kappa shape index (κ3) is 4.05. The maximum Gasteiger partial charge on any atom is 0.231 e. The van der Waals surface area contributed by atoms with Crippen molar-refractivity contribution < 1.29 is 4.79 Å². The minimum Gasteiger partial charge on any atom is -0.326 e. The third-order valence-corrected chi connectivity index (χ3v) is 4.20. The van der Waals surface area contributed by atoms with Crippen molar-refractivity contribution in [2.75, 3.05) is 31.5 Å². The van der Waals surface area contributed by atoms with Crippen LogP contribution in [0, 0.1) is 5.41 Å². The number of nitrogens with zero attached hydrogens (tertiary/aromatic N) is 1. The fourth-order valence-electron chi connectivity index (χ4n) is 2.69. The lowest BCUT2D eigenvalue weighted by Gasteiger charge is -2.45. The monoisotopic (exact) mass is 289 g/mol. The predicted molar refractivity (Wildman–Crippen MR) is 87.4 cm³/mol. The van der Waals surface area contributed by atoms with Crippen molar-refractivity contribution in [3.8, 4) is 0 Å². The van der Waals surface area contributed by atoms with Crippen molar-refractivity contribution in [3.05, 3.63) is 30.3 Å². The van der Waals surface area contributed by atoms with Gasteiger partial charge in [0, 0.05) is 37.4 Å². The normalized spacial score (nSPS) is 19.2. The summed E-state index contributed by atoms with van der Waals surface area (Å²) in [7, 11) is 0. The minimum absolute atomic E-state index is 0.0723. The fourth-order valence-corrected chi connectivity index (χ4v) is 2.69. The molecule has 0 unspecified atom stereocenters. The highest BCUT2D eigenvalue weighted by Crippen LogP contribution is 2.25. The predicted octanol–water partition coefficient (Wildman–Crippen LogP) is 2.34. The van der Waals surface area contributed by atoms with Crippen LogP contribution in [0.4, 0.5) is 5.69 Å². The molecule has 21 heavy (non-hydrogen) atoms. The molecule has 1 saturated heterocycles. The molecular formula is C17H27N3O. The van der Waals surface area contributed by atoms with Gasteiger partial charge in [-0.25, -0.2) is 0 Å². The highest BCUT2D eigenvalue weighted by Gasteiger charge is 2.37. The van der Waals surface area contributed by atoms with E-state index in [4.69, 9.17) is 0 Å². The van der Waals surface area contributed by atoms with Crippen LogP contribution in [0.1, 0.15) is 27.7 Å². The standard InChI is InChI=1S/C17H27N3O/c1-16(2,13-20-11-10-18-12-17(20,3)4)15(21)19-14-8-6-5-7-9-14/h5-9,18H,10-13H2,1-4H3,(H,19,21). The van der Waals surface area contributed by atoms with Gasteiger partial charge >= 0.3 is 0 Å². The Bertz CT molecular complexity index is 482. The molecule has 116 valence electrons. The summed E-state index contributed by atoms with van der Waals surface area (Å²) in [4.78, 5) is 15.0. The molecule has 1 fully saturated rings. The van der Waals surface area contributed by atoms with Crippen LogP contribution in [0.5, 0.6) is 0 Å². The number of benzene rings is 1. The Kier molecular flexibility index (Phi) is 4.69. The molecule has 2 rings (SSSR count). The molecule has 0 saturated carbocycles. The second-order valence-electron chi connectivity index (χ2n) is 7.11. The molecule has 0 radical (unpaired) electrons. The van der Waals surface area contributed by atoms with Crippen LogP contribution >= 0.6 is 0 Å². The summed E-state index contributed by atoms with van der Waals surface area (Å²) >= 11 is 0. The van der Waals surface area contributed by atoms with Gasteiger partial charge in [0.2, 0.25) is 5.91 Å². The van der Waals surface area contributed by atoms with Crippen molar-refractivity contribution in [1.29, 1.82) is 0 Å². The number of piperazine rings is 1.